The SMILES string of the molecule is CCOc1ccc(S(=O)(=O)NCCn2nc3c(cc2=O)CCCC3)c(OCC)c1. The molecule has 0 radical (unpaired) electrons. The summed E-state index contributed by atoms with van der Waals surface area (Å²) in [6.07, 6.45) is 3.86. The van der Waals surface area contributed by atoms with Crippen molar-refractivity contribution in [3.8, 4) is 11.5 Å². The summed E-state index contributed by atoms with van der Waals surface area (Å²) in [6, 6.07) is 6.24. The van der Waals surface area contributed by atoms with Gasteiger partial charge in [-0.05, 0) is 57.2 Å². The van der Waals surface area contributed by atoms with Crippen LogP contribution in [-0.2, 0) is 29.4 Å². The van der Waals surface area contributed by atoms with Crippen molar-refractivity contribution in [2.24, 2.45) is 0 Å². The van der Waals surface area contributed by atoms with Gasteiger partial charge in [-0.3, -0.25) is 4.79 Å². The van der Waals surface area contributed by atoms with E-state index >= 15 is 0 Å². The fourth-order valence-corrected chi connectivity index (χ4v) is 4.51. The summed E-state index contributed by atoms with van der Waals surface area (Å²) < 4.78 is 40.3. The second-order valence-corrected chi connectivity index (χ2v) is 8.49. The lowest BCUT2D eigenvalue weighted by molar-refractivity contribution is 0.317. The maximum atomic E-state index is 12.8. The Labute approximate surface area is 170 Å². The number of sulfonamides is 1. The van der Waals surface area contributed by atoms with Gasteiger partial charge < -0.3 is 9.47 Å². The Morgan fingerprint density at radius 1 is 1.10 bits per heavy atom. The van der Waals surface area contributed by atoms with E-state index in [1.807, 2.05) is 6.92 Å². The molecule has 0 aliphatic heterocycles. The summed E-state index contributed by atoms with van der Waals surface area (Å²) >= 11 is 0. The third-order valence-electron chi connectivity index (χ3n) is 4.71. The Morgan fingerprint density at radius 3 is 2.62 bits per heavy atom. The standard InChI is InChI=1S/C20H27N3O5S/c1-3-27-16-9-10-19(18(14-16)28-4-2)29(25,26)21-11-12-23-20(24)13-15-7-5-6-8-17(15)22-23/h9-10,13-14,21H,3-8,11-12H2,1-2H3. The van der Waals surface area contributed by atoms with Crippen molar-refractivity contribution in [2.75, 3.05) is 19.8 Å². The molecule has 9 heteroatoms. The van der Waals surface area contributed by atoms with Crippen LogP contribution < -0.4 is 19.8 Å². The molecular weight excluding hydrogens is 394 g/mol. The van der Waals surface area contributed by atoms with Gasteiger partial charge in [0.15, 0.2) is 0 Å². The van der Waals surface area contributed by atoms with E-state index in [9.17, 15) is 13.2 Å². The molecule has 1 aromatic carbocycles. The van der Waals surface area contributed by atoms with Gasteiger partial charge >= 0.3 is 0 Å². The zero-order chi connectivity index (χ0) is 20.9. The molecule has 0 saturated heterocycles. The average molecular weight is 422 g/mol. The predicted octanol–water partition coefficient (Wildman–Crippen LogP) is 1.90. The second kappa shape index (κ2) is 9.41. The fourth-order valence-electron chi connectivity index (χ4n) is 3.36. The third kappa shape index (κ3) is 5.16. The van der Waals surface area contributed by atoms with E-state index in [1.54, 1.807) is 25.1 Å². The number of benzene rings is 1. The molecule has 1 aliphatic carbocycles. The van der Waals surface area contributed by atoms with Crippen molar-refractivity contribution >= 4 is 10.0 Å². The highest BCUT2D eigenvalue weighted by molar-refractivity contribution is 7.89. The number of ether oxygens (including phenoxy) is 2. The maximum absolute atomic E-state index is 12.8. The number of rotatable bonds is 9. The third-order valence-corrected chi connectivity index (χ3v) is 6.21. The van der Waals surface area contributed by atoms with Gasteiger partial charge in [-0.15, -0.1) is 0 Å². The van der Waals surface area contributed by atoms with Gasteiger partial charge in [0.1, 0.15) is 16.4 Å². The van der Waals surface area contributed by atoms with Crippen LogP contribution in [0.15, 0.2) is 34.0 Å². The highest BCUT2D eigenvalue weighted by Crippen LogP contribution is 2.28. The summed E-state index contributed by atoms with van der Waals surface area (Å²) in [4.78, 5) is 12.3. The number of nitrogens with one attached hydrogen (secondary N) is 1. The van der Waals surface area contributed by atoms with Crippen LogP contribution in [0.2, 0.25) is 0 Å². The van der Waals surface area contributed by atoms with Gasteiger partial charge in [-0.2, -0.15) is 5.10 Å². The second-order valence-electron chi connectivity index (χ2n) is 6.76. The largest absolute Gasteiger partial charge is 0.494 e. The molecule has 1 heterocycles. The molecule has 0 bridgehead atoms. The average Bonchev–Trinajstić information content (AvgIpc) is 2.69. The smallest absolute Gasteiger partial charge is 0.267 e. The highest BCUT2D eigenvalue weighted by atomic mass is 32.2. The summed E-state index contributed by atoms with van der Waals surface area (Å²) in [7, 11) is -3.82. The van der Waals surface area contributed by atoms with Gasteiger partial charge in [-0.1, -0.05) is 0 Å². The lowest BCUT2D eigenvalue weighted by Crippen LogP contribution is -2.33. The number of hydrogen-bond donors (Lipinski definition) is 1. The zero-order valence-electron chi connectivity index (χ0n) is 16.8. The molecule has 1 aliphatic rings. The summed E-state index contributed by atoms with van der Waals surface area (Å²) in [5, 5.41) is 4.41. The van der Waals surface area contributed by atoms with Gasteiger partial charge in [0.2, 0.25) is 10.0 Å². The monoisotopic (exact) mass is 421 g/mol. The van der Waals surface area contributed by atoms with Gasteiger partial charge in [0.05, 0.1) is 25.5 Å². The van der Waals surface area contributed by atoms with E-state index < -0.39 is 10.0 Å². The molecule has 8 nitrogen and oxygen atoms in total. The van der Waals surface area contributed by atoms with Crippen LogP contribution >= 0.6 is 0 Å². The molecule has 0 amide bonds. The minimum atomic E-state index is -3.82. The van der Waals surface area contributed by atoms with E-state index in [0.29, 0.717) is 19.0 Å². The topological polar surface area (TPSA) is 99.5 Å². The van der Waals surface area contributed by atoms with Crippen molar-refractivity contribution in [2.45, 2.75) is 51.0 Å². The molecule has 0 atom stereocenters. The molecule has 1 aromatic heterocycles. The number of fused-ring (bicyclic) bond motifs is 1. The van der Waals surface area contributed by atoms with Crippen molar-refractivity contribution in [3.05, 3.63) is 45.9 Å². The molecule has 0 fully saturated rings. The lowest BCUT2D eigenvalue weighted by Gasteiger charge is -2.16. The molecule has 0 unspecified atom stereocenters. The molecular formula is C20H27N3O5S. The Morgan fingerprint density at radius 2 is 1.86 bits per heavy atom. The molecule has 158 valence electrons. The fraction of sp³-hybridized carbons (Fsp3) is 0.500. The summed E-state index contributed by atoms with van der Waals surface area (Å²) in [5.41, 5.74) is 1.73. The lowest BCUT2D eigenvalue weighted by atomic mass is 9.97. The van der Waals surface area contributed by atoms with Crippen LogP contribution in [0.3, 0.4) is 0 Å². The quantitative estimate of drug-likeness (QED) is 0.664. The van der Waals surface area contributed by atoms with E-state index in [1.165, 1.54) is 10.7 Å². The van der Waals surface area contributed by atoms with Crippen molar-refractivity contribution in [3.63, 3.8) is 0 Å². The summed E-state index contributed by atoms with van der Waals surface area (Å²) in [6.45, 7) is 4.64. The van der Waals surface area contributed by atoms with Crippen LogP contribution in [-0.4, -0.2) is 38.0 Å². The highest BCUT2D eigenvalue weighted by Gasteiger charge is 2.20. The van der Waals surface area contributed by atoms with E-state index in [-0.39, 0.29) is 29.3 Å². The van der Waals surface area contributed by atoms with Crippen molar-refractivity contribution < 1.29 is 17.9 Å². The number of nitrogens with zero attached hydrogens (tertiary/aromatic N) is 2. The minimum Gasteiger partial charge on any atom is -0.494 e. The number of aryl methyl sites for hydroxylation is 2. The van der Waals surface area contributed by atoms with Gasteiger partial charge in [0.25, 0.3) is 5.56 Å². The minimum absolute atomic E-state index is 0.0357. The van der Waals surface area contributed by atoms with Crippen LogP contribution in [0.5, 0.6) is 11.5 Å². The first-order valence-corrected chi connectivity index (χ1v) is 11.4. The summed E-state index contributed by atoms with van der Waals surface area (Å²) in [5.74, 6) is 0.773. The normalized spacial score (nSPS) is 13.7. The van der Waals surface area contributed by atoms with Crippen LogP contribution in [0.25, 0.3) is 0 Å². The molecule has 29 heavy (non-hydrogen) atoms. The van der Waals surface area contributed by atoms with E-state index in [0.717, 1.165) is 36.9 Å². The molecule has 2 aromatic rings. The molecule has 3 rings (SSSR count). The first-order chi connectivity index (χ1) is 13.9. The van der Waals surface area contributed by atoms with Crippen LogP contribution in [0.4, 0.5) is 0 Å². The van der Waals surface area contributed by atoms with Crippen LogP contribution in [0.1, 0.15) is 37.9 Å². The molecule has 1 N–H and O–H groups in total. The first-order valence-electron chi connectivity index (χ1n) is 9.94. The Kier molecular flexibility index (Phi) is 6.92. The van der Waals surface area contributed by atoms with Crippen LogP contribution in [0, 0.1) is 0 Å². The van der Waals surface area contributed by atoms with Crippen molar-refractivity contribution in [1.82, 2.24) is 14.5 Å². The Bertz CT molecular complexity index is 1020. The zero-order valence-corrected chi connectivity index (χ0v) is 17.6. The number of aromatic nitrogens is 2. The Hall–Kier alpha value is -2.39. The number of hydrogen-bond acceptors (Lipinski definition) is 6. The van der Waals surface area contributed by atoms with Crippen molar-refractivity contribution in [1.29, 1.82) is 0 Å². The molecule has 0 saturated carbocycles. The predicted molar refractivity (Wildman–Crippen MR) is 109 cm³/mol. The first kappa shape index (κ1) is 21.3. The van der Waals surface area contributed by atoms with Gasteiger partial charge in [0, 0.05) is 18.7 Å². The van der Waals surface area contributed by atoms with E-state index in [4.69, 9.17) is 9.47 Å². The van der Waals surface area contributed by atoms with E-state index in [2.05, 4.69) is 9.82 Å². The maximum Gasteiger partial charge on any atom is 0.267 e. The van der Waals surface area contributed by atoms with Gasteiger partial charge in [-0.25, -0.2) is 17.8 Å². The molecule has 0 spiro atoms. The Balaban J connectivity index is 1.73.